The number of hydrogen-bond acceptors (Lipinski definition) is 21. The van der Waals surface area contributed by atoms with Crippen LogP contribution in [0.2, 0.25) is 0 Å². The van der Waals surface area contributed by atoms with Gasteiger partial charge >= 0.3 is 29.8 Å². The van der Waals surface area contributed by atoms with Crippen molar-refractivity contribution in [1.82, 2.24) is 5.32 Å². The highest BCUT2D eigenvalue weighted by molar-refractivity contribution is 5.79. The molecule has 0 unspecified atom stereocenters. The molecule has 3 aliphatic heterocycles. The van der Waals surface area contributed by atoms with E-state index < -0.39 is 134 Å². The zero-order chi connectivity index (χ0) is 58.6. The molecule has 0 aromatic heterocycles. The van der Waals surface area contributed by atoms with Crippen molar-refractivity contribution in [2.75, 3.05) is 26.9 Å². The number of nitrogens with one attached hydrogen (secondary N) is 1. The number of rotatable bonds is 27. The molecule has 3 heterocycles. The van der Waals surface area contributed by atoms with Crippen molar-refractivity contribution in [2.45, 2.75) is 153 Å². The van der Waals surface area contributed by atoms with Gasteiger partial charge in [-0.15, -0.1) is 0 Å². The molecule has 7 rings (SSSR count). The van der Waals surface area contributed by atoms with E-state index in [1.165, 1.54) is 6.26 Å². The van der Waals surface area contributed by atoms with Crippen LogP contribution in [0, 0.1) is 0 Å². The largest absolute Gasteiger partial charge is 0.493 e. The average molecular weight is 1140 g/mol. The highest BCUT2D eigenvalue weighted by Crippen LogP contribution is 2.41. The third kappa shape index (κ3) is 17.9. The first kappa shape index (κ1) is 62.5. The monoisotopic (exact) mass is 1140 g/mol. The van der Waals surface area contributed by atoms with Gasteiger partial charge in [0.2, 0.25) is 5.91 Å². The van der Waals surface area contributed by atoms with E-state index in [1.807, 2.05) is 97.1 Å². The number of ether oxygens (including phenoxy) is 14. The van der Waals surface area contributed by atoms with Crippen molar-refractivity contribution in [1.29, 1.82) is 0 Å². The molecule has 3 aliphatic rings. The fraction of sp³-hybridized carbons (Fsp3) is 0.467. The number of benzene rings is 4. The summed E-state index contributed by atoms with van der Waals surface area (Å²) in [6.07, 6.45) is -15.5. The first-order valence-corrected chi connectivity index (χ1v) is 26.7. The first-order chi connectivity index (χ1) is 39.5. The van der Waals surface area contributed by atoms with E-state index in [1.54, 1.807) is 30.3 Å². The topological polar surface area (TPSA) is 264 Å². The lowest BCUT2D eigenvalue weighted by Gasteiger charge is -2.52. The van der Waals surface area contributed by atoms with Gasteiger partial charge in [-0.2, -0.15) is 0 Å². The van der Waals surface area contributed by atoms with Crippen LogP contribution in [0.4, 0.5) is 0 Å². The van der Waals surface area contributed by atoms with Crippen LogP contribution in [0.3, 0.4) is 0 Å². The molecule has 14 atom stereocenters. The molecule has 0 saturated carbocycles. The second kappa shape index (κ2) is 30.8. The van der Waals surface area contributed by atoms with E-state index in [2.05, 4.69) is 5.32 Å². The minimum absolute atomic E-state index is 0.0213. The Morgan fingerprint density at radius 3 is 1.70 bits per heavy atom. The van der Waals surface area contributed by atoms with Crippen LogP contribution in [0.15, 0.2) is 134 Å². The SMILES string of the molecule is COC(=O)[C@@]1(O[C@H]2[C@@H](O)[C@@H](COCc3ccccc3)O[C@@H](O[C@H]3[C@H](OCc4ccccc4)C=CO[C@@H]3COCc3ccccc3)[C@@H]2OCc2ccccc2)C[C@H](OC(C)=O)[C@@H](NC(C)=O)[C@H]([C@@H](OC(C)=O)[C@@H](COC(C)=O)OC(C)=O)O1. The molecule has 0 bridgehead atoms. The van der Waals surface area contributed by atoms with Gasteiger partial charge in [0, 0.05) is 34.6 Å². The highest BCUT2D eigenvalue weighted by atomic mass is 16.8. The number of carbonyl (C=O) groups excluding carboxylic acids is 6. The molecule has 442 valence electrons. The van der Waals surface area contributed by atoms with Crippen molar-refractivity contribution in [3.05, 3.63) is 156 Å². The van der Waals surface area contributed by atoms with Gasteiger partial charge in [-0.05, 0) is 28.3 Å². The minimum Gasteiger partial charge on any atom is -0.493 e. The summed E-state index contributed by atoms with van der Waals surface area (Å²) in [6, 6.07) is 35.7. The highest BCUT2D eigenvalue weighted by Gasteiger charge is 2.62. The fourth-order valence-electron chi connectivity index (χ4n) is 9.68. The van der Waals surface area contributed by atoms with Gasteiger partial charge in [0.1, 0.15) is 55.4 Å². The van der Waals surface area contributed by atoms with Gasteiger partial charge in [-0.3, -0.25) is 24.0 Å². The van der Waals surface area contributed by atoms with E-state index in [-0.39, 0.29) is 39.6 Å². The van der Waals surface area contributed by atoms with Crippen LogP contribution < -0.4 is 5.32 Å². The zero-order valence-electron chi connectivity index (χ0n) is 46.5. The van der Waals surface area contributed by atoms with Crippen LogP contribution in [0.25, 0.3) is 0 Å². The van der Waals surface area contributed by atoms with Gasteiger partial charge in [0.15, 0.2) is 24.6 Å². The summed E-state index contributed by atoms with van der Waals surface area (Å²) in [7, 11) is 1.01. The molecule has 0 spiro atoms. The first-order valence-electron chi connectivity index (χ1n) is 26.7. The van der Waals surface area contributed by atoms with Crippen molar-refractivity contribution in [3.63, 3.8) is 0 Å². The van der Waals surface area contributed by atoms with Crippen molar-refractivity contribution >= 4 is 35.8 Å². The van der Waals surface area contributed by atoms with Crippen LogP contribution >= 0.6 is 0 Å². The molecule has 22 heteroatoms. The Morgan fingerprint density at radius 2 is 1.18 bits per heavy atom. The standard InChI is InChI=1S/C60H71NO21/c1-37(62)61-51-47(76-39(3)64)29-60(59(68)69-6,81-55(51)54(78-41(5)66)50(77-40(4)65)36-73-38(2)63)82-56-52(67)48(34-70-30-42-19-11-7-12-20-42)79-58(57(56)75-33-45-25-17-10-18-26-45)80-53-46(74-32-44-23-15-9-16-24-44)27-28-72-49(53)35-71-31-43-21-13-8-14-22-43/h7-28,46-58,67H,29-36H2,1-6H3,(H,61,62)/t46-,47+,48-,49-,50-,51-,52+,53+,54+,55-,56+,57-,58+,60+/m1/s1. The molecule has 22 nitrogen and oxygen atoms in total. The maximum atomic E-state index is 14.9. The predicted octanol–water partition coefficient (Wildman–Crippen LogP) is 4.88. The van der Waals surface area contributed by atoms with Gasteiger partial charge in [0.05, 0.1) is 65.5 Å². The molecule has 4 aromatic carbocycles. The Kier molecular flexibility index (Phi) is 23.5. The van der Waals surface area contributed by atoms with Crippen molar-refractivity contribution in [2.24, 2.45) is 0 Å². The summed E-state index contributed by atoms with van der Waals surface area (Å²) in [6.45, 7) is 4.53. The summed E-state index contributed by atoms with van der Waals surface area (Å²) in [5.74, 6) is -8.48. The summed E-state index contributed by atoms with van der Waals surface area (Å²) in [5.41, 5.74) is 3.20. The second-order valence-corrected chi connectivity index (χ2v) is 19.7. The van der Waals surface area contributed by atoms with Crippen molar-refractivity contribution in [3.8, 4) is 0 Å². The van der Waals surface area contributed by atoms with Crippen LogP contribution in [0.1, 0.15) is 63.3 Å². The van der Waals surface area contributed by atoms with Gasteiger partial charge < -0.3 is 76.7 Å². The lowest BCUT2D eigenvalue weighted by Crippen LogP contribution is -2.71. The minimum atomic E-state index is -2.84. The van der Waals surface area contributed by atoms with Crippen LogP contribution in [-0.4, -0.2) is 153 Å². The van der Waals surface area contributed by atoms with Crippen LogP contribution in [0.5, 0.6) is 0 Å². The third-order valence-corrected chi connectivity index (χ3v) is 13.3. The number of carbonyl (C=O) groups is 6. The molecule has 0 radical (unpaired) electrons. The Morgan fingerprint density at radius 1 is 0.646 bits per heavy atom. The van der Waals surface area contributed by atoms with E-state index in [0.717, 1.165) is 58.4 Å². The molecule has 2 saturated heterocycles. The second-order valence-electron chi connectivity index (χ2n) is 19.7. The van der Waals surface area contributed by atoms with Gasteiger partial charge in [-0.25, -0.2) is 4.79 Å². The van der Waals surface area contributed by atoms with E-state index in [9.17, 15) is 33.9 Å². The molecule has 2 fully saturated rings. The lowest BCUT2D eigenvalue weighted by molar-refractivity contribution is -0.383. The number of amides is 1. The molecule has 1 amide bonds. The fourth-order valence-corrected chi connectivity index (χ4v) is 9.68. The molecule has 82 heavy (non-hydrogen) atoms. The summed E-state index contributed by atoms with van der Waals surface area (Å²) in [4.78, 5) is 79.3. The molecule has 2 N–H and O–H groups in total. The number of aliphatic hydroxyl groups excluding tert-OH is 1. The Bertz CT molecular complexity index is 2700. The lowest BCUT2D eigenvalue weighted by atomic mass is 9.87. The number of aliphatic hydroxyl groups is 1. The maximum Gasteiger partial charge on any atom is 0.366 e. The zero-order valence-corrected chi connectivity index (χ0v) is 46.5. The summed E-state index contributed by atoms with van der Waals surface area (Å²) < 4.78 is 87.5. The average Bonchev–Trinajstić information content (AvgIpc) is 1.89. The normalized spacial score (nSPS) is 26.6. The maximum absolute atomic E-state index is 14.9. The van der Waals surface area contributed by atoms with Gasteiger partial charge in [0.25, 0.3) is 5.79 Å². The molecular formula is C60H71NO21. The number of hydrogen-bond donors (Lipinski definition) is 2. The molecule has 0 aliphatic carbocycles. The Hall–Kier alpha value is -7.12. The van der Waals surface area contributed by atoms with Crippen molar-refractivity contribution < 1.29 is 100 Å². The Labute approximate surface area is 475 Å². The predicted molar refractivity (Wildman–Crippen MR) is 286 cm³/mol. The summed E-state index contributed by atoms with van der Waals surface area (Å²) in [5, 5.41) is 15.5. The van der Waals surface area contributed by atoms with Crippen LogP contribution in [-0.2, 0) is 122 Å². The van der Waals surface area contributed by atoms with Gasteiger partial charge in [-0.1, -0.05) is 121 Å². The number of methoxy groups -OCH3 is 1. The number of esters is 5. The molecule has 4 aromatic rings. The van der Waals surface area contributed by atoms with E-state index >= 15 is 0 Å². The quantitative estimate of drug-likeness (QED) is 0.0595. The summed E-state index contributed by atoms with van der Waals surface area (Å²) >= 11 is 0. The Balaban J connectivity index is 1.36. The van der Waals surface area contributed by atoms with E-state index in [4.69, 9.17) is 66.3 Å². The smallest absolute Gasteiger partial charge is 0.366 e. The van der Waals surface area contributed by atoms with E-state index in [0.29, 0.717) is 5.56 Å². The molecular weight excluding hydrogens is 1070 g/mol. The third-order valence-electron chi connectivity index (χ3n) is 13.3.